The molecule has 1 aromatic rings. The maximum atomic E-state index is 14.0. The highest BCUT2D eigenvalue weighted by Gasteiger charge is 2.64. The number of nitrogens with two attached hydrogens (primary N) is 1. The van der Waals surface area contributed by atoms with E-state index >= 15 is 0 Å². The Morgan fingerprint density at radius 2 is 1.70 bits per heavy atom. The van der Waals surface area contributed by atoms with E-state index in [2.05, 4.69) is 5.32 Å². The van der Waals surface area contributed by atoms with Crippen molar-refractivity contribution in [1.82, 2.24) is 15.1 Å². The lowest BCUT2D eigenvalue weighted by atomic mass is 9.57. The number of halogens is 1. The molecule has 0 radical (unpaired) electrons. The highest BCUT2D eigenvalue weighted by atomic mass is 35.5. The Kier molecular flexibility index (Phi) is 8.26. The van der Waals surface area contributed by atoms with Crippen LogP contribution in [0.15, 0.2) is 23.0 Å². The monoisotopic (exact) mass is 632 g/mol. The number of hydrogen-bond acceptors (Lipinski definition) is 10. The van der Waals surface area contributed by atoms with Gasteiger partial charge in [0.05, 0.1) is 17.1 Å². The van der Waals surface area contributed by atoms with Gasteiger partial charge in [-0.05, 0) is 91.7 Å². The Morgan fingerprint density at radius 1 is 1.11 bits per heavy atom. The molecule has 240 valence electrons. The van der Waals surface area contributed by atoms with Crippen molar-refractivity contribution in [2.45, 2.75) is 76.7 Å². The minimum Gasteiger partial charge on any atom is -0.508 e. The Balaban J connectivity index is 1.80. The van der Waals surface area contributed by atoms with Gasteiger partial charge in [-0.1, -0.05) is 11.6 Å². The number of likely N-dealkylation sites (N-methyl/N-ethyl adjacent to an activating group) is 2. The van der Waals surface area contributed by atoms with Crippen molar-refractivity contribution >= 4 is 40.7 Å². The lowest BCUT2D eigenvalue weighted by Crippen LogP contribution is -2.65. The summed E-state index contributed by atoms with van der Waals surface area (Å²) in [5, 5.41) is 48.4. The van der Waals surface area contributed by atoms with Gasteiger partial charge in [-0.25, -0.2) is 0 Å². The molecule has 0 aliphatic heterocycles. The molecule has 0 spiro atoms. The molecule has 12 nitrogen and oxygen atoms in total. The summed E-state index contributed by atoms with van der Waals surface area (Å²) in [5.41, 5.74) is 0.837. The third kappa shape index (κ3) is 5.07. The Morgan fingerprint density at radius 3 is 2.23 bits per heavy atom. The van der Waals surface area contributed by atoms with E-state index in [0.29, 0.717) is 11.1 Å². The van der Waals surface area contributed by atoms with E-state index in [1.54, 1.807) is 25.8 Å². The number of amides is 2. The summed E-state index contributed by atoms with van der Waals surface area (Å²) in [4.78, 5) is 55.6. The van der Waals surface area contributed by atoms with E-state index in [-0.39, 0.29) is 47.2 Å². The molecule has 1 fully saturated rings. The summed E-state index contributed by atoms with van der Waals surface area (Å²) in [7, 11) is 4.82. The molecule has 0 saturated heterocycles. The van der Waals surface area contributed by atoms with Crippen LogP contribution in [0, 0.1) is 11.8 Å². The first kappa shape index (κ1) is 33.4. The Hall–Kier alpha value is -3.45. The van der Waals surface area contributed by atoms with Gasteiger partial charge in [-0.15, -0.1) is 0 Å². The minimum absolute atomic E-state index is 0.0486. The number of rotatable bonds is 6. The number of benzene rings is 1. The van der Waals surface area contributed by atoms with Crippen molar-refractivity contribution < 1.29 is 39.6 Å². The van der Waals surface area contributed by atoms with Crippen molar-refractivity contribution in [3.8, 4) is 5.75 Å². The standard InChI is InChI=1S/C31H41ClN4O8/c1-29(2,3)34-28(43)30(4,5)36(8)12-14-11-17(37)19-15(21(14)32)9-13-10-16-22(35(6)7)24(39)20(27(33)42)26(41)31(16,44)25(40)18(13)23(19)38/h11,13,16,22,37-38,41,44H,9-10,12H2,1-8H3,(H2,33,42)(H,34,43)/t13-,16-,22-,31?/m0/s1. The number of carbonyl (C=O) groups is 4. The summed E-state index contributed by atoms with van der Waals surface area (Å²) in [6.07, 6.45) is 0.0133. The van der Waals surface area contributed by atoms with Crippen LogP contribution in [0.3, 0.4) is 0 Å². The molecule has 7 N–H and O–H groups in total. The van der Waals surface area contributed by atoms with Crippen LogP contribution in [0.1, 0.15) is 57.7 Å². The SMILES string of the molecule is CN(C)[C@@H]1C(=O)C(C(N)=O)=C(O)C2(O)C(=O)C3=C(O)c4c(O)cc(CN(C)C(C)(C)C(=O)NC(C)(C)C)c(Cl)c4C[C@H]3C[C@@H]12. The largest absolute Gasteiger partial charge is 0.508 e. The molecule has 3 aliphatic carbocycles. The molecule has 1 unspecified atom stereocenters. The van der Waals surface area contributed by atoms with E-state index in [1.165, 1.54) is 25.1 Å². The molecule has 0 aromatic heterocycles. The normalized spacial score (nSPS) is 25.7. The second kappa shape index (κ2) is 10.9. The smallest absolute Gasteiger partial charge is 0.255 e. The highest BCUT2D eigenvalue weighted by Crippen LogP contribution is 2.53. The average Bonchev–Trinajstić information content (AvgIpc) is 2.87. The first-order chi connectivity index (χ1) is 20.1. The van der Waals surface area contributed by atoms with Crippen LogP contribution in [-0.4, -0.2) is 97.5 Å². The van der Waals surface area contributed by atoms with Gasteiger partial charge in [0, 0.05) is 28.6 Å². The fourth-order valence-corrected chi connectivity index (χ4v) is 6.87. The van der Waals surface area contributed by atoms with Crippen LogP contribution in [0.25, 0.3) is 5.76 Å². The van der Waals surface area contributed by atoms with Crippen molar-refractivity contribution in [3.63, 3.8) is 0 Å². The maximum Gasteiger partial charge on any atom is 0.255 e. The highest BCUT2D eigenvalue weighted by molar-refractivity contribution is 6.32. The van der Waals surface area contributed by atoms with E-state index in [4.69, 9.17) is 17.3 Å². The van der Waals surface area contributed by atoms with E-state index in [9.17, 15) is 39.6 Å². The van der Waals surface area contributed by atoms with Gasteiger partial charge >= 0.3 is 0 Å². The third-order valence-electron chi connectivity index (χ3n) is 9.14. The summed E-state index contributed by atoms with van der Waals surface area (Å²) in [6.45, 7) is 9.31. The van der Waals surface area contributed by atoms with Crippen LogP contribution in [0.2, 0.25) is 5.02 Å². The zero-order chi connectivity index (χ0) is 33.4. The predicted molar refractivity (Wildman–Crippen MR) is 163 cm³/mol. The molecule has 2 amide bonds. The minimum atomic E-state index is -2.72. The van der Waals surface area contributed by atoms with Crippen LogP contribution in [0.4, 0.5) is 0 Å². The fourth-order valence-electron chi connectivity index (χ4n) is 6.58. The lowest BCUT2D eigenvalue weighted by Gasteiger charge is -2.50. The topological polar surface area (TPSA) is 194 Å². The molecule has 1 aromatic carbocycles. The third-order valence-corrected chi connectivity index (χ3v) is 9.61. The van der Waals surface area contributed by atoms with E-state index in [1.807, 2.05) is 20.8 Å². The fraction of sp³-hybridized carbons (Fsp3) is 0.548. The van der Waals surface area contributed by atoms with E-state index in [0.717, 1.165) is 0 Å². The molecule has 4 rings (SSSR count). The van der Waals surface area contributed by atoms with Crippen molar-refractivity contribution in [1.29, 1.82) is 0 Å². The number of carbonyl (C=O) groups excluding carboxylic acids is 4. The van der Waals surface area contributed by atoms with Gasteiger partial charge < -0.3 is 31.5 Å². The van der Waals surface area contributed by atoms with Gasteiger partial charge in [0.15, 0.2) is 11.4 Å². The number of nitrogens with one attached hydrogen (secondary N) is 1. The molecule has 1 saturated carbocycles. The predicted octanol–water partition coefficient (Wildman–Crippen LogP) is 1.74. The number of ketones is 2. The van der Waals surface area contributed by atoms with Crippen LogP contribution < -0.4 is 11.1 Å². The second-order valence-corrected chi connectivity index (χ2v) is 14.2. The molecule has 3 aliphatic rings. The summed E-state index contributed by atoms with van der Waals surface area (Å²) in [6, 6.07) is 0.166. The van der Waals surface area contributed by atoms with Crippen LogP contribution in [-0.2, 0) is 32.1 Å². The molecular formula is C31H41ClN4O8. The average molecular weight is 633 g/mol. The lowest BCUT2D eigenvalue weighted by molar-refractivity contribution is -0.153. The number of aliphatic hydroxyl groups excluding tert-OH is 2. The van der Waals surface area contributed by atoms with Gasteiger partial charge in [0.1, 0.15) is 22.8 Å². The number of aromatic hydroxyl groups is 1. The molecule has 0 bridgehead atoms. The molecule has 0 heterocycles. The number of aliphatic hydroxyl groups is 3. The van der Waals surface area contributed by atoms with E-state index < -0.39 is 69.1 Å². The number of Topliss-reactive ketones (excluding diaryl/α,β-unsaturated/α-hetero) is 2. The van der Waals surface area contributed by atoms with Crippen molar-refractivity contribution in [3.05, 3.63) is 44.7 Å². The van der Waals surface area contributed by atoms with Gasteiger partial charge in [-0.3, -0.25) is 29.0 Å². The number of primary amides is 1. The second-order valence-electron chi connectivity index (χ2n) is 13.8. The number of nitrogens with zero attached hydrogens (tertiary/aromatic N) is 2. The summed E-state index contributed by atoms with van der Waals surface area (Å²) >= 11 is 6.89. The zero-order valence-electron chi connectivity index (χ0n) is 26.2. The number of phenols is 1. The van der Waals surface area contributed by atoms with Crippen LogP contribution in [0.5, 0.6) is 5.75 Å². The molecule has 44 heavy (non-hydrogen) atoms. The molecular weight excluding hydrogens is 592 g/mol. The first-order valence-electron chi connectivity index (χ1n) is 14.3. The zero-order valence-corrected chi connectivity index (χ0v) is 27.0. The number of fused-ring (bicyclic) bond motifs is 3. The molecule has 13 heteroatoms. The van der Waals surface area contributed by atoms with Gasteiger partial charge in [0.25, 0.3) is 5.91 Å². The molecule has 4 atom stereocenters. The number of phenolic OH excluding ortho intramolecular Hbond substituents is 1. The van der Waals surface area contributed by atoms with Crippen molar-refractivity contribution in [2.24, 2.45) is 17.6 Å². The Labute approximate surface area is 261 Å². The summed E-state index contributed by atoms with van der Waals surface area (Å²) in [5.74, 6) is -7.51. The Bertz CT molecular complexity index is 1540. The van der Waals surface area contributed by atoms with Gasteiger partial charge in [0.2, 0.25) is 11.7 Å². The maximum absolute atomic E-state index is 14.0. The number of hydrogen-bond donors (Lipinski definition) is 6. The summed E-state index contributed by atoms with van der Waals surface area (Å²) < 4.78 is 0. The quantitative estimate of drug-likeness (QED) is 0.252. The first-order valence-corrected chi connectivity index (χ1v) is 14.7. The van der Waals surface area contributed by atoms with Crippen LogP contribution >= 0.6 is 11.6 Å². The van der Waals surface area contributed by atoms with Crippen molar-refractivity contribution in [2.75, 3.05) is 21.1 Å². The van der Waals surface area contributed by atoms with Gasteiger partial charge in [-0.2, -0.15) is 0 Å².